The quantitative estimate of drug-likeness (QED) is 0.520. The van der Waals surface area contributed by atoms with Gasteiger partial charge < -0.3 is 24.8 Å². The van der Waals surface area contributed by atoms with Crippen molar-refractivity contribution in [1.82, 2.24) is 9.88 Å². The first kappa shape index (κ1) is 22.6. The minimum Gasteiger partial charge on any atom is -0.491 e. The Morgan fingerprint density at radius 3 is 2.55 bits per heavy atom. The molecule has 1 aromatic heterocycles. The Morgan fingerprint density at radius 1 is 1.06 bits per heavy atom. The van der Waals surface area contributed by atoms with Crippen molar-refractivity contribution < 1.29 is 28.9 Å². The minimum absolute atomic E-state index is 0.172. The van der Waals surface area contributed by atoms with Crippen molar-refractivity contribution in [3.8, 4) is 5.75 Å². The van der Waals surface area contributed by atoms with Crippen LogP contribution in [0.25, 0.3) is 10.9 Å². The van der Waals surface area contributed by atoms with Gasteiger partial charge in [-0.3, -0.25) is 4.90 Å². The molecule has 1 saturated heterocycles. The van der Waals surface area contributed by atoms with Crippen molar-refractivity contribution in [3.63, 3.8) is 0 Å². The topological polar surface area (TPSA) is 106 Å². The number of rotatable bonds is 4. The number of hydrogen-bond donors (Lipinski definition) is 3. The predicted octanol–water partition coefficient (Wildman–Crippen LogP) is 2.76. The number of anilines is 1. The number of carbonyl (C=O) groups is 2. The summed E-state index contributed by atoms with van der Waals surface area (Å²) in [6, 6.07) is 11.5. The highest BCUT2D eigenvalue weighted by atomic mass is 19.1. The largest absolute Gasteiger partial charge is 0.491 e. The molecule has 0 bridgehead atoms. The minimum atomic E-state index is -1.82. The van der Waals surface area contributed by atoms with Gasteiger partial charge in [-0.2, -0.15) is 0 Å². The van der Waals surface area contributed by atoms with Crippen molar-refractivity contribution in [2.75, 3.05) is 44.2 Å². The lowest BCUT2D eigenvalue weighted by molar-refractivity contribution is -0.159. The number of aromatic amines is 1. The Balaban J connectivity index is 0.000000385. The standard InChI is InChI=1S/C22H24FN3O.C2H2O4/c23-18-4-5-20-19(14-18)17(15-24-20)6-8-25-9-11-26(12-10-25)21-3-1-2-16-7-13-27-22(16)21;3-1(4)2(5)6/h1-5,14-15,24H,6-13H2;(H,3,4)(H,5,6). The number of carboxylic acid groups (broad SMARTS) is 2. The second-order valence-electron chi connectivity index (χ2n) is 8.06. The summed E-state index contributed by atoms with van der Waals surface area (Å²) in [5.74, 6) is -2.73. The van der Waals surface area contributed by atoms with Crippen molar-refractivity contribution in [3.05, 3.63) is 59.5 Å². The molecule has 2 aromatic carbocycles. The Morgan fingerprint density at radius 2 is 1.82 bits per heavy atom. The third kappa shape index (κ3) is 5.25. The molecule has 3 N–H and O–H groups in total. The zero-order valence-corrected chi connectivity index (χ0v) is 18.1. The van der Waals surface area contributed by atoms with E-state index in [0.29, 0.717) is 0 Å². The van der Waals surface area contributed by atoms with Crippen LogP contribution in [0.2, 0.25) is 0 Å². The molecule has 2 aliphatic heterocycles. The zero-order valence-electron chi connectivity index (χ0n) is 18.1. The molecule has 174 valence electrons. The van der Waals surface area contributed by atoms with Crippen LogP contribution in [0.4, 0.5) is 10.1 Å². The van der Waals surface area contributed by atoms with Gasteiger partial charge in [-0.1, -0.05) is 12.1 Å². The lowest BCUT2D eigenvalue weighted by Crippen LogP contribution is -2.47. The smallest absolute Gasteiger partial charge is 0.414 e. The summed E-state index contributed by atoms with van der Waals surface area (Å²) in [6.07, 6.45) is 3.98. The van der Waals surface area contributed by atoms with Gasteiger partial charge in [0.2, 0.25) is 0 Å². The summed E-state index contributed by atoms with van der Waals surface area (Å²) < 4.78 is 19.4. The predicted molar refractivity (Wildman–Crippen MR) is 122 cm³/mol. The molecule has 3 aromatic rings. The van der Waals surface area contributed by atoms with E-state index in [1.54, 1.807) is 6.07 Å². The fourth-order valence-corrected chi connectivity index (χ4v) is 4.30. The summed E-state index contributed by atoms with van der Waals surface area (Å²) >= 11 is 0. The van der Waals surface area contributed by atoms with Crippen LogP contribution in [0, 0.1) is 5.82 Å². The number of benzene rings is 2. The van der Waals surface area contributed by atoms with E-state index in [4.69, 9.17) is 24.5 Å². The molecule has 0 saturated carbocycles. The molecule has 0 radical (unpaired) electrons. The van der Waals surface area contributed by atoms with Crippen molar-refractivity contribution >= 4 is 28.5 Å². The Kier molecular flexibility index (Phi) is 6.79. The van der Waals surface area contributed by atoms with E-state index in [9.17, 15) is 4.39 Å². The van der Waals surface area contributed by atoms with Gasteiger partial charge in [-0.05, 0) is 41.8 Å². The van der Waals surface area contributed by atoms with Gasteiger partial charge in [0.05, 0.1) is 12.3 Å². The molecule has 5 rings (SSSR count). The molecular weight excluding hydrogens is 429 g/mol. The first-order chi connectivity index (χ1) is 15.9. The van der Waals surface area contributed by atoms with E-state index in [1.165, 1.54) is 22.9 Å². The average Bonchev–Trinajstić information content (AvgIpc) is 3.45. The monoisotopic (exact) mass is 455 g/mol. The molecule has 0 aliphatic carbocycles. The van der Waals surface area contributed by atoms with Crippen LogP contribution >= 0.6 is 0 Å². The van der Waals surface area contributed by atoms with Crippen molar-refractivity contribution in [2.45, 2.75) is 12.8 Å². The first-order valence-electron chi connectivity index (χ1n) is 10.9. The number of carboxylic acids is 2. The molecular formula is C24H26FN3O5. The van der Waals surface area contributed by atoms with Crippen molar-refractivity contribution in [2.24, 2.45) is 0 Å². The molecule has 2 aliphatic rings. The zero-order chi connectivity index (χ0) is 23.4. The van der Waals surface area contributed by atoms with Crippen LogP contribution in [0.5, 0.6) is 5.75 Å². The lowest BCUT2D eigenvalue weighted by Gasteiger charge is -2.36. The highest BCUT2D eigenvalue weighted by Gasteiger charge is 2.23. The highest BCUT2D eigenvalue weighted by Crippen LogP contribution is 2.36. The molecule has 0 unspecified atom stereocenters. The summed E-state index contributed by atoms with van der Waals surface area (Å²) in [7, 11) is 0. The van der Waals surface area contributed by atoms with Gasteiger partial charge in [0, 0.05) is 56.2 Å². The van der Waals surface area contributed by atoms with Gasteiger partial charge in [0.15, 0.2) is 0 Å². The summed E-state index contributed by atoms with van der Waals surface area (Å²) in [5, 5.41) is 15.8. The number of fused-ring (bicyclic) bond motifs is 2. The fourth-order valence-electron chi connectivity index (χ4n) is 4.30. The van der Waals surface area contributed by atoms with Crippen LogP contribution in [-0.4, -0.2) is 71.4 Å². The van der Waals surface area contributed by atoms with Gasteiger partial charge in [-0.15, -0.1) is 0 Å². The number of aliphatic carboxylic acids is 2. The van der Waals surface area contributed by atoms with E-state index in [0.717, 1.165) is 68.8 Å². The first-order valence-corrected chi connectivity index (χ1v) is 10.9. The lowest BCUT2D eigenvalue weighted by atomic mass is 10.1. The number of nitrogens with zero attached hydrogens (tertiary/aromatic N) is 2. The summed E-state index contributed by atoms with van der Waals surface area (Å²) in [5.41, 5.74) is 4.79. The maximum Gasteiger partial charge on any atom is 0.414 e. The number of H-pyrrole nitrogens is 1. The number of ether oxygens (including phenoxy) is 1. The summed E-state index contributed by atoms with van der Waals surface area (Å²) in [6.45, 7) is 5.92. The Labute approximate surface area is 190 Å². The van der Waals surface area contributed by atoms with E-state index in [2.05, 4.69) is 33.0 Å². The number of para-hydroxylation sites is 1. The number of nitrogens with one attached hydrogen (secondary N) is 1. The van der Waals surface area contributed by atoms with Crippen LogP contribution in [0.1, 0.15) is 11.1 Å². The Hall–Kier alpha value is -3.59. The molecule has 0 atom stereocenters. The van der Waals surface area contributed by atoms with Crippen LogP contribution in [-0.2, 0) is 22.4 Å². The number of halogens is 1. The van der Waals surface area contributed by atoms with E-state index >= 15 is 0 Å². The molecule has 0 amide bonds. The molecule has 9 heteroatoms. The SMILES string of the molecule is Fc1ccc2[nH]cc(CCN3CCN(c4cccc5c4OCC5)CC3)c2c1.O=C(O)C(=O)O. The molecule has 1 fully saturated rings. The van der Waals surface area contributed by atoms with Crippen LogP contribution in [0.15, 0.2) is 42.6 Å². The maximum absolute atomic E-state index is 13.5. The molecule has 3 heterocycles. The van der Waals surface area contributed by atoms with Gasteiger partial charge >= 0.3 is 11.9 Å². The third-order valence-corrected chi connectivity index (χ3v) is 6.02. The maximum atomic E-state index is 13.5. The van der Waals surface area contributed by atoms with Crippen LogP contribution in [0.3, 0.4) is 0 Å². The normalized spacial score (nSPS) is 15.5. The van der Waals surface area contributed by atoms with E-state index < -0.39 is 11.9 Å². The van der Waals surface area contributed by atoms with Gasteiger partial charge in [0.1, 0.15) is 11.6 Å². The second kappa shape index (κ2) is 9.91. The fraction of sp³-hybridized carbons (Fsp3) is 0.333. The third-order valence-electron chi connectivity index (χ3n) is 6.02. The number of piperazine rings is 1. The molecule has 8 nitrogen and oxygen atoms in total. The molecule has 33 heavy (non-hydrogen) atoms. The van der Waals surface area contributed by atoms with Gasteiger partial charge in [-0.25, -0.2) is 14.0 Å². The van der Waals surface area contributed by atoms with Crippen LogP contribution < -0.4 is 9.64 Å². The number of hydrogen-bond acceptors (Lipinski definition) is 5. The number of aromatic nitrogens is 1. The van der Waals surface area contributed by atoms with E-state index in [1.807, 2.05) is 12.3 Å². The molecule has 0 spiro atoms. The average molecular weight is 455 g/mol. The van der Waals surface area contributed by atoms with Crippen molar-refractivity contribution in [1.29, 1.82) is 0 Å². The van der Waals surface area contributed by atoms with E-state index in [-0.39, 0.29) is 5.82 Å². The highest BCUT2D eigenvalue weighted by molar-refractivity contribution is 6.27. The Bertz CT molecular complexity index is 1140. The summed E-state index contributed by atoms with van der Waals surface area (Å²) in [4.78, 5) is 26.4. The second-order valence-corrected chi connectivity index (χ2v) is 8.06. The van der Waals surface area contributed by atoms with Gasteiger partial charge in [0.25, 0.3) is 0 Å².